The van der Waals surface area contributed by atoms with Crippen molar-refractivity contribution in [2.75, 3.05) is 18.0 Å². The standard InChI is InChI=1S/C17H26N4.C7H8.ClH/c1-4-9-14-12(2)18-16-15(14)19-13(3)20-17(16)21-10-7-5-6-8-11-21;1-7-5-3-2-4-6-7;/h18H,4-11H2,1-3H3;2-6H,1H3;1H. The fourth-order valence-corrected chi connectivity index (χ4v) is 3.93. The van der Waals surface area contributed by atoms with Crippen LogP contribution in [0.2, 0.25) is 0 Å². The lowest BCUT2D eigenvalue weighted by atomic mass is 10.1. The molecule has 1 aliphatic rings. The second kappa shape index (κ2) is 11.2. The zero-order chi connectivity index (χ0) is 19.9. The van der Waals surface area contributed by atoms with Crippen molar-refractivity contribution in [3.63, 3.8) is 0 Å². The number of rotatable bonds is 3. The van der Waals surface area contributed by atoms with Crippen molar-refractivity contribution < 1.29 is 0 Å². The number of halogens is 1. The molecule has 0 spiro atoms. The second-order valence-corrected chi connectivity index (χ2v) is 7.85. The zero-order valence-electron chi connectivity index (χ0n) is 18.3. The molecule has 0 saturated carbocycles. The van der Waals surface area contributed by atoms with E-state index in [0.29, 0.717) is 0 Å². The van der Waals surface area contributed by atoms with Gasteiger partial charge in [0.1, 0.15) is 11.3 Å². The van der Waals surface area contributed by atoms with E-state index in [4.69, 9.17) is 9.97 Å². The van der Waals surface area contributed by atoms with Gasteiger partial charge in [-0.05, 0) is 45.6 Å². The average Bonchev–Trinajstić information content (AvgIpc) is 2.87. The molecular formula is C24H35ClN4. The van der Waals surface area contributed by atoms with Crippen LogP contribution in [0, 0.1) is 20.8 Å². The van der Waals surface area contributed by atoms with Gasteiger partial charge in [-0.25, -0.2) is 9.97 Å². The van der Waals surface area contributed by atoms with Gasteiger partial charge < -0.3 is 9.88 Å². The monoisotopic (exact) mass is 414 g/mol. The molecule has 0 aliphatic carbocycles. The molecule has 0 unspecified atom stereocenters. The molecule has 1 aromatic carbocycles. The highest BCUT2D eigenvalue weighted by molar-refractivity contribution is 5.90. The Hall–Kier alpha value is -2.07. The number of aryl methyl sites for hydroxylation is 4. The van der Waals surface area contributed by atoms with E-state index in [1.165, 1.54) is 42.5 Å². The molecule has 1 fully saturated rings. The summed E-state index contributed by atoms with van der Waals surface area (Å²) in [7, 11) is 0. The van der Waals surface area contributed by atoms with Crippen LogP contribution in [-0.2, 0) is 6.42 Å². The number of hydrogen-bond acceptors (Lipinski definition) is 3. The fourth-order valence-electron chi connectivity index (χ4n) is 3.93. The van der Waals surface area contributed by atoms with Crippen LogP contribution < -0.4 is 4.90 Å². The minimum atomic E-state index is 0. The summed E-state index contributed by atoms with van der Waals surface area (Å²) in [6.45, 7) is 10.7. The van der Waals surface area contributed by atoms with Gasteiger partial charge in [-0.1, -0.05) is 62.1 Å². The molecule has 1 N–H and O–H groups in total. The number of nitrogens with zero attached hydrogens (tertiary/aromatic N) is 3. The predicted molar refractivity (Wildman–Crippen MR) is 126 cm³/mol. The first-order chi connectivity index (χ1) is 13.6. The minimum absolute atomic E-state index is 0. The Bertz CT molecular complexity index is 881. The van der Waals surface area contributed by atoms with Crippen LogP contribution in [0.4, 0.5) is 5.82 Å². The molecule has 1 saturated heterocycles. The van der Waals surface area contributed by atoms with E-state index in [9.17, 15) is 0 Å². The van der Waals surface area contributed by atoms with Crippen molar-refractivity contribution in [2.45, 2.75) is 66.2 Å². The van der Waals surface area contributed by atoms with Crippen LogP contribution in [0.15, 0.2) is 30.3 Å². The summed E-state index contributed by atoms with van der Waals surface area (Å²) in [5, 5.41) is 0. The predicted octanol–water partition coefficient (Wildman–Crippen LogP) is 6.32. The maximum Gasteiger partial charge on any atom is 0.156 e. The quantitative estimate of drug-likeness (QED) is 0.545. The summed E-state index contributed by atoms with van der Waals surface area (Å²) in [4.78, 5) is 15.5. The van der Waals surface area contributed by atoms with Gasteiger partial charge in [0.15, 0.2) is 5.82 Å². The van der Waals surface area contributed by atoms with Gasteiger partial charge in [-0.15, -0.1) is 12.4 Å². The maximum absolute atomic E-state index is 4.76. The summed E-state index contributed by atoms with van der Waals surface area (Å²) >= 11 is 0. The lowest BCUT2D eigenvalue weighted by Crippen LogP contribution is -2.25. The molecule has 4 rings (SSSR count). The molecule has 2 aromatic heterocycles. The summed E-state index contributed by atoms with van der Waals surface area (Å²) in [5.74, 6) is 2.00. The van der Waals surface area contributed by atoms with Crippen LogP contribution in [0.5, 0.6) is 0 Å². The highest BCUT2D eigenvalue weighted by Gasteiger charge is 2.19. The van der Waals surface area contributed by atoms with E-state index in [1.807, 2.05) is 25.1 Å². The van der Waals surface area contributed by atoms with Crippen molar-refractivity contribution in [3.8, 4) is 0 Å². The van der Waals surface area contributed by atoms with Gasteiger partial charge in [-0.2, -0.15) is 0 Å². The lowest BCUT2D eigenvalue weighted by molar-refractivity contribution is 0.726. The van der Waals surface area contributed by atoms with E-state index in [-0.39, 0.29) is 12.4 Å². The third kappa shape index (κ3) is 5.96. The van der Waals surface area contributed by atoms with Crippen LogP contribution in [0.1, 0.15) is 61.7 Å². The van der Waals surface area contributed by atoms with E-state index in [1.54, 1.807) is 0 Å². The molecule has 3 heterocycles. The van der Waals surface area contributed by atoms with E-state index in [2.05, 4.69) is 42.8 Å². The SMILES string of the molecule is CCCc1c(C)[nH]c2c(N3CCCCCC3)nc(C)nc12.Cc1ccccc1.Cl. The van der Waals surface area contributed by atoms with Crippen molar-refractivity contribution >= 4 is 29.3 Å². The molecule has 158 valence electrons. The van der Waals surface area contributed by atoms with Gasteiger partial charge in [0, 0.05) is 18.8 Å². The van der Waals surface area contributed by atoms with Gasteiger partial charge >= 0.3 is 0 Å². The summed E-state index contributed by atoms with van der Waals surface area (Å²) in [6, 6.07) is 10.3. The first-order valence-electron chi connectivity index (χ1n) is 10.7. The molecular weight excluding hydrogens is 380 g/mol. The summed E-state index contributed by atoms with van der Waals surface area (Å²) in [6.07, 6.45) is 7.46. The third-order valence-electron chi connectivity index (χ3n) is 5.40. The summed E-state index contributed by atoms with van der Waals surface area (Å²) < 4.78 is 0. The molecule has 5 heteroatoms. The van der Waals surface area contributed by atoms with Gasteiger partial charge in [-0.3, -0.25) is 0 Å². The number of anilines is 1. The topological polar surface area (TPSA) is 44.8 Å². The smallest absolute Gasteiger partial charge is 0.156 e. The number of fused-ring (bicyclic) bond motifs is 1. The highest BCUT2D eigenvalue weighted by atomic mass is 35.5. The number of H-pyrrole nitrogens is 1. The Labute approximate surface area is 181 Å². The molecule has 1 aliphatic heterocycles. The first-order valence-corrected chi connectivity index (χ1v) is 10.7. The molecule has 0 atom stereocenters. The van der Waals surface area contributed by atoms with Crippen LogP contribution in [0.3, 0.4) is 0 Å². The number of nitrogens with one attached hydrogen (secondary N) is 1. The van der Waals surface area contributed by atoms with Crippen LogP contribution >= 0.6 is 12.4 Å². The van der Waals surface area contributed by atoms with Crippen LogP contribution in [0.25, 0.3) is 11.0 Å². The van der Waals surface area contributed by atoms with Gasteiger partial charge in [0.25, 0.3) is 0 Å². The van der Waals surface area contributed by atoms with E-state index >= 15 is 0 Å². The second-order valence-electron chi connectivity index (χ2n) is 7.85. The molecule has 29 heavy (non-hydrogen) atoms. The lowest BCUT2D eigenvalue weighted by Gasteiger charge is -2.22. The summed E-state index contributed by atoms with van der Waals surface area (Å²) in [5.41, 5.74) is 6.23. The Kier molecular flexibility index (Phi) is 8.97. The fraction of sp³-hybridized carbons (Fsp3) is 0.500. The Morgan fingerprint density at radius 3 is 2.14 bits per heavy atom. The average molecular weight is 415 g/mol. The Morgan fingerprint density at radius 1 is 0.931 bits per heavy atom. The van der Waals surface area contributed by atoms with Crippen molar-refractivity contribution in [3.05, 3.63) is 53.0 Å². The molecule has 3 aromatic rings. The molecule has 0 amide bonds. The number of aromatic nitrogens is 3. The van der Waals surface area contributed by atoms with E-state index < -0.39 is 0 Å². The minimum Gasteiger partial charge on any atom is -0.355 e. The molecule has 4 nitrogen and oxygen atoms in total. The number of hydrogen-bond donors (Lipinski definition) is 1. The van der Waals surface area contributed by atoms with Crippen LogP contribution in [-0.4, -0.2) is 28.0 Å². The third-order valence-corrected chi connectivity index (χ3v) is 5.40. The Balaban J connectivity index is 0.000000319. The maximum atomic E-state index is 4.76. The number of benzene rings is 1. The zero-order valence-corrected chi connectivity index (χ0v) is 19.1. The molecule has 0 bridgehead atoms. The van der Waals surface area contributed by atoms with E-state index in [0.717, 1.165) is 48.6 Å². The Morgan fingerprint density at radius 2 is 1.59 bits per heavy atom. The van der Waals surface area contributed by atoms with Crippen molar-refractivity contribution in [1.29, 1.82) is 0 Å². The first kappa shape index (κ1) is 23.2. The van der Waals surface area contributed by atoms with Gasteiger partial charge in [0.05, 0.1) is 5.52 Å². The molecule has 0 radical (unpaired) electrons. The van der Waals surface area contributed by atoms with Gasteiger partial charge in [0.2, 0.25) is 0 Å². The van der Waals surface area contributed by atoms with Crippen molar-refractivity contribution in [2.24, 2.45) is 0 Å². The highest BCUT2D eigenvalue weighted by Crippen LogP contribution is 2.30. The normalized spacial score (nSPS) is 14.0. The van der Waals surface area contributed by atoms with Crippen molar-refractivity contribution in [1.82, 2.24) is 15.0 Å². The number of aromatic amines is 1. The largest absolute Gasteiger partial charge is 0.355 e.